The summed E-state index contributed by atoms with van der Waals surface area (Å²) >= 11 is 0. The van der Waals surface area contributed by atoms with Gasteiger partial charge in [0.25, 0.3) is 5.91 Å². The number of carbonyl (C=O) groups is 2. The fourth-order valence-corrected chi connectivity index (χ4v) is 4.43. The van der Waals surface area contributed by atoms with Crippen molar-refractivity contribution in [3.63, 3.8) is 0 Å². The molecule has 1 N–H and O–H groups in total. The second kappa shape index (κ2) is 7.51. The molecule has 2 aromatic rings. The van der Waals surface area contributed by atoms with Crippen LogP contribution in [0.25, 0.3) is 11.3 Å². The average Bonchev–Trinajstić information content (AvgIpc) is 3.22. The number of hydrogen-bond donors (Lipinski definition) is 1. The van der Waals surface area contributed by atoms with Gasteiger partial charge >= 0.3 is 5.97 Å². The lowest BCUT2D eigenvalue weighted by Crippen LogP contribution is -2.42. The Morgan fingerprint density at radius 1 is 1.26 bits per heavy atom. The second-order valence-electron chi connectivity index (χ2n) is 6.30. The maximum Gasteiger partial charge on any atom is 0.375 e. The van der Waals surface area contributed by atoms with Gasteiger partial charge in [-0.05, 0) is 37.6 Å². The van der Waals surface area contributed by atoms with Crippen molar-refractivity contribution in [1.29, 1.82) is 0 Å². The Balaban J connectivity index is 1.60. The lowest BCUT2D eigenvalue weighted by atomic mass is 10.1. The number of hydrogen-bond acceptors (Lipinski definition) is 6. The third kappa shape index (κ3) is 4.54. The fraction of sp³-hybridized carbons (Fsp3) is 0.333. The van der Waals surface area contributed by atoms with Crippen molar-refractivity contribution < 1.29 is 31.6 Å². The van der Waals surface area contributed by atoms with Crippen LogP contribution in [0, 0.1) is 5.82 Å². The highest BCUT2D eigenvalue weighted by Gasteiger charge is 2.31. The van der Waals surface area contributed by atoms with Crippen LogP contribution in [0.1, 0.15) is 23.9 Å². The van der Waals surface area contributed by atoms with Crippen molar-refractivity contribution in [1.82, 2.24) is 5.32 Å². The maximum atomic E-state index is 13.8. The Hall–Kier alpha value is -2.68. The third-order valence-electron chi connectivity index (χ3n) is 4.18. The van der Waals surface area contributed by atoms with Gasteiger partial charge in [-0.25, -0.2) is 17.6 Å². The molecule has 1 aromatic heterocycles. The van der Waals surface area contributed by atoms with Gasteiger partial charge in [0.05, 0.1) is 17.1 Å². The van der Waals surface area contributed by atoms with E-state index in [-0.39, 0.29) is 28.6 Å². The Kier molecular flexibility index (Phi) is 5.31. The van der Waals surface area contributed by atoms with Gasteiger partial charge in [0.15, 0.2) is 15.9 Å². The maximum absolute atomic E-state index is 13.8. The number of furan rings is 1. The smallest absolute Gasteiger partial charge is 0.375 e. The molecule has 1 aromatic carbocycles. The molecule has 2 atom stereocenters. The standard InChI is InChI=1S/C18H18FNO6S/c1-11(17(21)20-12-8-9-27(23,24)10-12)25-18(22)16-7-6-15(26-16)13-4-2-3-5-14(13)19/h2-7,11-12H,8-10H2,1H3,(H,20,21)/t11-,12-/m1/s1. The van der Waals surface area contributed by atoms with Crippen LogP contribution in [-0.4, -0.2) is 43.9 Å². The molecule has 0 aliphatic carbocycles. The van der Waals surface area contributed by atoms with Crippen molar-refractivity contribution >= 4 is 21.7 Å². The number of rotatable bonds is 5. The molecule has 1 saturated heterocycles. The Labute approximate surface area is 155 Å². The molecule has 1 amide bonds. The second-order valence-corrected chi connectivity index (χ2v) is 8.53. The molecule has 1 aliphatic rings. The fourth-order valence-electron chi connectivity index (χ4n) is 2.75. The van der Waals surface area contributed by atoms with Crippen molar-refractivity contribution in [2.24, 2.45) is 0 Å². The molecule has 27 heavy (non-hydrogen) atoms. The number of esters is 1. The summed E-state index contributed by atoms with van der Waals surface area (Å²) in [6.45, 7) is 1.37. The summed E-state index contributed by atoms with van der Waals surface area (Å²) in [5, 5.41) is 2.55. The quantitative estimate of drug-likeness (QED) is 0.776. The van der Waals surface area contributed by atoms with E-state index in [0.717, 1.165) is 0 Å². The Morgan fingerprint density at radius 3 is 2.67 bits per heavy atom. The Morgan fingerprint density at radius 2 is 2.00 bits per heavy atom. The van der Waals surface area contributed by atoms with Crippen LogP contribution in [0.15, 0.2) is 40.8 Å². The summed E-state index contributed by atoms with van der Waals surface area (Å²) in [6.07, 6.45) is -0.804. The lowest BCUT2D eigenvalue weighted by molar-refractivity contribution is -0.129. The van der Waals surface area contributed by atoms with E-state index >= 15 is 0 Å². The van der Waals surface area contributed by atoms with E-state index < -0.39 is 39.7 Å². The summed E-state index contributed by atoms with van der Waals surface area (Å²) in [5.41, 5.74) is 0.199. The van der Waals surface area contributed by atoms with Crippen LogP contribution in [-0.2, 0) is 19.4 Å². The van der Waals surface area contributed by atoms with E-state index in [2.05, 4.69) is 5.32 Å². The molecular weight excluding hydrogens is 377 g/mol. The zero-order valence-corrected chi connectivity index (χ0v) is 15.3. The first-order valence-electron chi connectivity index (χ1n) is 8.32. The van der Waals surface area contributed by atoms with Gasteiger partial charge in [0.1, 0.15) is 11.6 Å². The monoisotopic (exact) mass is 395 g/mol. The van der Waals surface area contributed by atoms with Crippen LogP contribution in [0.2, 0.25) is 0 Å². The number of benzene rings is 1. The zero-order valence-electron chi connectivity index (χ0n) is 14.5. The molecule has 0 unspecified atom stereocenters. The van der Waals surface area contributed by atoms with Gasteiger partial charge in [-0.15, -0.1) is 0 Å². The van der Waals surface area contributed by atoms with Gasteiger partial charge in [-0.2, -0.15) is 0 Å². The number of nitrogens with one attached hydrogen (secondary N) is 1. The molecule has 144 valence electrons. The summed E-state index contributed by atoms with van der Waals surface area (Å²) in [6, 6.07) is 8.23. The molecule has 0 bridgehead atoms. The van der Waals surface area contributed by atoms with Crippen LogP contribution in [0.3, 0.4) is 0 Å². The van der Waals surface area contributed by atoms with E-state index in [1.807, 2.05) is 0 Å². The topological polar surface area (TPSA) is 103 Å². The van der Waals surface area contributed by atoms with Gasteiger partial charge < -0.3 is 14.5 Å². The number of ether oxygens (including phenoxy) is 1. The highest BCUT2D eigenvalue weighted by Crippen LogP contribution is 2.25. The summed E-state index contributed by atoms with van der Waals surface area (Å²) in [7, 11) is -3.13. The van der Waals surface area contributed by atoms with Crippen molar-refractivity contribution in [3.8, 4) is 11.3 Å². The van der Waals surface area contributed by atoms with E-state index in [1.165, 1.54) is 37.3 Å². The first-order valence-corrected chi connectivity index (χ1v) is 10.1. The SMILES string of the molecule is C[C@@H](OC(=O)c1ccc(-c2ccccc2F)o1)C(=O)N[C@@H]1CCS(=O)(=O)C1. The largest absolute Gasteiger partial charge is 0.449 e. The summed E-state index contributed by atoms with van der Waals surface area (Å²) in [5.74, 6) is -2.07. The molecular formula is C18H18FNO6S. The summed E-state index contributed by atoms with van der Waals surface area (Å²) < 4.78 is 47.0. The average molecular weight is 395 g/mol. The number of amides is 1. The van der Waals surface area contributed by atoms with E-state index in [9.17, 15) is 22.4 Å². The van der Waals surface area contributed by atoms with Gasteiger partial charge in [0.2, 0.25) is 5.76 Å². The molecule has 9 heteroatoms. The number of halogens is 1. The third-order valence-corrected chi connectivity index (χ3v) is 5.95. The van der Waals surface area contributed by atoms with Crippen molar-refractivity contribution in [2.45, 2.75) is 25.5 Å². The highest BCUT2D eigenvalue weighted by atomic mass is 32.2. The molecule has 3 rings (SSSR count). The van der Waals surface area contributed by atoms with Gasteiger partial charge in [-0.1, -0.05) is 12.1 Å². The number of carbonyl (C=O) groups excluding carboxylic acids is 2. The lowest BCUT2D eigenvalue weighted by Gasteiger charge is -2.16. The predicted octanol–water partition coefficient (Wildman–Crippen LogP) is 1.93. The van der Waals surface area contributed by atoms with Crippen molar-refractivity contribution in [2.75, 3.05) is 11.5 Å². The molecule has 1 aliphatic heterocycles. The van der Waals surface area contributed by atoms with E-state index in [4.69, 9.17) is 9.15 Å². The van der Waals surface area contributed by atoms with E-state index in [1.54, 1.807) is 6.07 Å². The molecule has 0 saturated carbocycles. The molecule has 0 spiro atoms. The minimum absolute atomic E-state index is 0.0251. The highest BCUT2D eigenvalue weighted by molar-refractivity contribution is 7.91. The first-order chi connectivity index (χ1) is 12.7. The van der Waals surface area contributed by atoms with E-state index in [0.29, 0.717) is 6.42 Å². The predicted molar refractivity (Wildman–Crippen MR) is 94.2 cm³/mol. The normalized spacial score (nSPS) is 19.4. The van der Waals surface area contributed by atoms with Crippen molar-refractivity contribution in [3.05, 3.63) is 48.0 Å². The molecule has 2 heterocycles. The van der Waals surface area contributed by atoms with Gasteiger partial charge in [0, 0.05) is 6.04 Å². The van der Waals surface area contributed by atoms with Crippen LogP contribution in [0.4, 0.5) is 4.39 Å². The van der Waals surface area contributed by atoms with Crippen LogP contribution >= 0.6 is 0 Å². The Bertz CT molecular complexity index is 968. The minimum Gasteiger partial charge on any atom is -0.449 e. The van der Waals surface area contributed by atoms with Gasteiger partial charge in [-0.3, -0.25) is 4.79 Å². The molecule has 1 fully saturated rings. The minimum atomic E-state index is -3.13. The van der Waals surface area contributed by atoms with Crippen LogP contribution < -0.4 is 5.32 Å². The van der Waals surface area contributed by atoms with Crippen LogP contribution in [0.5, 0.6) is 0 Å². The molecule has 7 nitrogen and oxygen atoms in total. The first kappa shape index (κ1) is 19.1. The summed E-state index contributed by atoms with van der Waals surface area (Å²) in [4.78, 5) is 24.2. The molecule has 0 radical (unpaired) electrons. The number of sulfone groups is 1. The zero-order chi connectivity index (χ0) is 19.6.